The van der Waals surface area contributed by atoms with Crippen LogP contribution < -0.4 is 10.6 Å². The van der Waals surface area contributed by atoms with Crippen molar-refractivity contribution in [2.75, 3.05) is 19.6 Å². The smallest absolute Gasteiger partial charge is 0.0538 e. The van der Waals surface area contributed by atoms with Crippen LogP contribution in [0, 0.1) is 13.8 Å². The molecule has 1 unspecified atom stereocenters. The molecule has 2 N–H and O–H groups in total. The van der Waals surface area contributed by atoms with Crippen LogP contribution in [-0.4, -0.2) is 19.6 Å². The molecule has 1 saturated heterocycles. The summed E-state index contributed by atoms with van der Waals surface area (Å²) >= 11 is 0. The number of rotatable bonds is 1. The minimum Gasteiger partial charge on any atom is -0.313 e. The van der Waals surface area contributed by atoms with Gasteiger partial charge >= 0.3 is 0 Å². The summed E-state index contributed by atoms with van der Waals surface area (Å²) in [5.41, 5.74) is 5.98. The van der Waals surface area contributed by atoms with E-state index < -0.39 is 0 Å². The van der Waals surface area contributed by atoms with Crippen molar-refractivity contribution < 1.29 is 0 Å². The molecule has 0 saturated carbocycles. The summed E-state index contributed by atoms with van der Waals surface area (Å²) in [7, 11) is 0. The van der Waals surface area contributed by atoms with Crippen molar-refractivity contribution in [3.05, 3.63) is 34.4 Å². The van der Waals surface area contributed by atoms with E-state index in [-0.39, 0.29) is 11.0 Å². The normalized spacial score (nSPS) is 24.5. The van der Waals surface area contributed by atoms with E-state index in [1.165, 1.54) is 22.3 Å². The molecule has 1 fully saturated rings. The highest BCUT2D eigenvalue weighted by atomic mass is 15.1. The fourth-order valence-corrected chi connectivity index (χ4v) is 3.27. The van der Waals surface area contributed by atoms with Gasteiger partial charge in [0.1, 0.15) is 0 Å². The van der Waals surface area contributed by atoms with Gasteiger partial charge < -0.3 is 10.6 Å². The van der Waals surface area contributed by atoms with Crippen molar-refractivity contribution in [1.82, 2.24) is 10.6 Å². The maximum atomic E-state index is 3.69. The fraction of sp³-hybridized carbons (Fsp3) is 0.647. The summed E-state index contributed by atoms with van der Waals surface area (Å²) in [6.45, 7) is 16.8. The van der Waals surface area contributed by atoms with Crippen LogP contribution in [0.4, 0.5) is 0 Å². The van der Waals surface area contributed by atoms with Crippen LogP contribution in [0.15, 0.2) is 12.1 Å². The van der Waals surface area contributed by atoms with Gasteiger partial charge in [-0.3, -0.25) is 0 Å². The zero-order valence-corrected chi connectivity index (χ0v) is 13.3. The van der Waals surface area contributed by atoms with E-state index in [4.69, 9.17) is 0 Å². The Hall–Kier alpha value is -0.860. The van der Waals surface area contributed by atoms with Gasteiger partial charge in [0, 0.05) is 19.6 Å². The van der Waals surface area contributed by atoms with Crippen LogP contribution >= 0.6 is 0 Å². The molecule has 1 aliphatic heterocycles. The average Bonchev–Trinajstić information content (AvgIpc) is 2.27. The largest absolute Gasteiger partial charge is 0.313 e. The topological polar surface area (TPSA) is 24.1 Å². The third-order valence-electron chi connectivity index (χ3n) is 4.25. The van der Waals surface area contributed by atoms with E-state index >= 15 is 0 Å². The molecule has 2 nitrogen and oxygen atoms in total. The molecular weight excluding hydrogens is 232 g/mol. The first-order chi connectivity index (χ1) is 8.74. The zero-order valence-electron chi connectivity index (χ0n) is 13.3. The van der Waals surface area contributed by atoms with Crippen molar-refractivity contribution in [2.24, 2.45) is 0 Å². The van der Waals surface area contributed by atoms with Gasteiger partial charge in [-0.2, -0.15) is 0 Å². The molecule has 0 aliphatic carbocycles. The highest BCUT2D eigenvalue weighted by Gasteiger charge is 2.31. The summed E-state index contributed by atoms with van der Waals surface area (Å²) in [5.74, 6) is 0. The number of benzene rings is 1. The van der Waals surface area contributed by atoms with Crippen LogP contribution in [0.3, 0.4) is 0 Å². The molecule has 2 heteroatoms. The quantitative estimate of drug-likeness (QED) is 0.811. The molecule has 0 radical (unpaired) electrons. The maximum absolute atomic E-state index is 3.69. The molecule has 1 atom stereocenters. The number of piperazine rings is 1. The number of hydrogen-bond acceptors (Lipinski definition) is 2. The number of hydrogen-bond donors (Lipinski definition) is 2. The number of aryl methyl sites for hydroxylation is 2. The molecule has 106 valence electrons. The second-order valence-corrected chi connectivity index (χ2v) is 7.17. The first-order valence-corrected chi connectivity index (χ1v) is 7.32. The molecular formula is C17H28N2. The Labute approximate surface area is 118 Å². The molecule has 19 heavy (non-hydrogen) atoms. The third-order valence-corrected chi connectivity index (χ3v) is 4.25. The Morgan fingerprint density at radius 3 is 2.05 bits per heavy atom. The first kappa shape index (κ1) is 14.5. The van der Waals surface area contributed by atoms with Gasteiger partial charge in [-0.05, 0) is 48.4 Å². The van der Waals surface area contributed by atoms with Gasteiger partial charge in [0.2, 0.25) is 0 Å². The van der Waals surface area contributed by atoms with E-state index in [2.05, 4.69) is 64.3 Å². The summed E-state index contributed by atoms with van der Waals surface area (Å²) in [6, 6.07) is 4.73. The molecule has 1 aliphatic rings. The molecule has 1 aromatic carbocycles. The summed E-state index contributed by atoms with van der Waals surface area (Å²) < 4.78 is 0. The molecule has 0 spiro atoms. The molecule has 0 bridgehead atoms. The fourth-order valence-electron chi connectivity index (χ4n) is 3.27. The van der Waals surface area contributed by atoms with Crippen LogP contribution in [-0.2, 0) is 11.0 Å². The maximum Gasteiger partial charge on any atom is 0.0538 e. The zero-order chi connectivity index (χ0) is 14.3. The van der Waals surface area contributed by atoms with Gasteiger partial charge in [0.15, 0.2) is 0 Å². The second-order valence-electron chi connectivity index (χ2n) is 7.17. The lowest BCUT2D eigenvalue weighted by Crippen LogP contribution is -2.55. The molecule has 1 heterocycles. The standard InChI is InChI=1S/C17H28N2/c1-12-9-14(16(3,4)5)10-13(2)15(12)17(6)11-18-7-8-19-17/h9-10,18-19H,7-8,11H2,1-6H3. The van der Waals surface area contributed by atoms with Gasteiger partial charge in [-0.1, -0.05) is 32.9 Å². The average molecular weight is 260 g/mol. The number of nitrogens with one attached hydrogen (secondary N) is 2. The minimum absolute atomic E-state index is 0.0584. The highest BCUT2D eigenvalue weighted by Crippen LogP contribution is 2.32. The Morgan fingerprint density at radius 1 is 1.05 bits per heavy atom. The molecule has 0 amide bonds. The predicted octanol–water partition coefficient (Wildman–Crippen LogP) is 3.01. The van der Waals surface area contributed by atoms with Crippen LogP contribution in [0.5, 0.6) is 0 Å². The van der Waals surface area contributed by atoms with Crippen molar-refractivity contribution in [1.29, 1.82) is 0 Å². The van der Waals surface area contributed by atoms with Gasteiger partial charge in [-0.15, -0.1) is 0 Å². The lowest BCUT2D eigenvalue weighted by molar-refractivity contribution is 0.300. The molecule has 0 aromatic heterocycles. The lowest BCUT2D eigenvalue weighted by Gasteiger charge is -2.39. The Morgan fingerprint density at radius 2 is 1.63 bits per heavy atom. The SMILES string of the molecule is Cc1cc(C(C)(C)C)cc(C)c1C1(C)CNCCN1. The summed E-state index contributed by atoms with van der Waals surface area (Å²) in [5, 5.41) is 7.20. The molecule has 2 rings (SSSR count). The van der Waals surface area contributed by atoms with Crippen LogP contribution in [0.25, 0.3) is 0 Å². The minimum atomic E-state index is 0.0584. The van der Waals surface area contributed by atoms with E-state index in [0.717, 1.165) is 19.6 Å². The Bertz CT molecular complexity index is 440. The summed E-state index contributed by atoms with van der Waals surface area (Å²) in [6.07, 6.45) is 0. The van der Waals surface area contributed by atoms with Gasteiger partial charge in [0.25, 0.3) is 0 Å². The van der Waals surface area contributed by atoms with E-state index in [0.29, 0.717) is 0 Å². The lowest BCUT2D eigenvalue weighted by atomic mass is 9.79. The monoisotopic (exact) mass is 260 g/mol. The van der Waals surface area contributed by atoms with Crippen molar-refractivity contribution in [3.8, 4) is 0 Å². The first-order valence-electron chi connectivity index (χ1n) is 7.32. The van der Waals surface area contributed by atoms with Gasteiger partial charge in [-0.25, -0.2) is 0 Å². The Balaban J connectivity index is 2.47. The van der Waals surface area contributed by atoms with E-state index in [9.17, 15) is 0 Å². The predicted molar refractivity (Wildman–Crippen MR) is 82.8 cm³/mol. The Kier molecular flexibility index (Phi) is 3.76. The van der Waals surface area contributed by atoms with E-state index in [1.807, 2.05) is 0 Å². The van der Waals surface area contributed by atoms with Crippen molar-refractivity contribution in [3.63, 3.8) is 0 Å². The van der Waals surface area contributed by atoms with Crippen molar-refractivity contribution >= 4 is 0 Å². The van der Waals surface area contributed by atoms with Gasteiger partial charge in [0.05, 0.1) is 5.54 Å². The van der Waals surface area contributed by atoms with Crippen molar-refractivity contribution in [2.45, 2.75) is 52.5 Å². The van der Waals surface area contributed by atoms with E-state index in [1.54, 1.807) is 0 Å². The molecule has 1 aromatic rings. The highest BCUT2D eigenvalue weighted by molar-refractivity contribution is 5.44. The third kappa shape index (κ3) is 2.85. The summed E-state index contributed by atoms with van der Waals surface area (Å²) in [4.78, 5) is 0. The van der Waals surface area contributed by atoms with Crippen LogP contribution in [0.1, 0.15) is 49.9 Å². The second kappa shape index (κ2) is 4.92. The van der Waals surface area contributed by atoms with Crippen LogP contribution in [0.2, 0.25) is 0 Å².